The topological polar surface area (TPSA) is 52.3 Å². The molecule has 0 spiro atoms. The van der Waals surface area contributed by atoms with Crippen LogP contribution in [0.25, 0.3) is 22.6 Å². The second-order valence-corrected chi connectivity index (χ2v) is 5.78. The second-order valence-electron chi connectivity index (χ2n) is 4.93. The fourth-order valence-corrected chi connectivity index (χ4v) is 2.75. The molecule has 0 radical (unpaired) electrons. The first-order valence-electron chi connectivity index (χ1n) is 7.07. The molecule has 0 saturated heterocycles. The van der Waals surface area contributed by atoms with Crippen molar-refractivity contribution in [1.29, 1.82) is 0 Å². The Morgan fingerprint density at radius 1 is 1.22 bits per heavy atom. The van der Waals surface area contributed by atoms with Gasteiger partial charge in [-0.2, -0.15) is 0 Å². The summed E-state index contributed by atoms with van der Waals surface area (Å²) in [5, 5.41) is 0.928. The summed E-state index contributed by atoms with van der Waals surface area (Å²) >= 11 is 12.1. The average molecular weight is 350 g/mol. The van der Waals surface area contributed by atoms with Crippen LogP contribution in [0.5, 0.6) is 0 Å². The van der Waals surface area contributed by atoms with Crippen LogP contribution >= 0.6 is 23.2 Å². The molecule has 0 aliphatic carbocycles. The van der Waals surface area contributed by atoms with Gasteiger partial charge >= 0.3 is 5.97 Å². The second kappa shape index (κ2) is 6.60. The molecular weight excluding hydrogens is 337 g/mol. The largest absolute Gasteiger partial charge is 0.466 e. The summed E-state index contributed by atoms with van der Waals surface area (Å²) in [7, 11) is 0. The van der Waals surface area contributed by atoms with Crippen molar-refractivity contribution in [3.63, 3.8) is 0 Å². The maximum Gasteiger partial charge on any atom is 0.310 e. The highest BCUT2D eigenvalue weighted by Gasteiger charge is 2.12. The van der Waals surface area contributed by atoms with Crippen LogP contribution in [0.15, 0.2) is 40.8 Å². The Morgan fingerprint density at radius 3 is 2.65 bits per heavy atom. The van der Waals surface area contributed by atoms with E-state index in [2.05, 4.69) is 4.98 Å². The van der Waals surface area contributed by atoms with E-state index in [4.69, 9.17) is 32.4 Å². The number of fused-ring (bicyclic) bond motifs is 1. The number of ether oxygens (including phenoxy) is 1. The van der Waals surface area contributed by atoms with Gasteiger partial charge in [0.2, 0.25) is 5.89 Å². The molecule has 3 aromatic rings. The van der Waals surface area contributed by atoms with Crippen LogP contribution in [0.1, 0.15) is 12.5 Å². The van der Waals surface area contributed by atoms with E-state index in [0.29, 0.717) is 33.6 Å². The van der Waals surface area contributed by atoms with Crippen LogP contribution in [0.2, 0.25) is 10.0 Å². The lowest BCUT2D eigenvalue weighted by molar-refractivity contribution is -0.142. The maximum atomic E-state index is 11.5. The van der Waals surface area contributed by atoms with Crippen LogP contribution < -0.4 is 0 Å². The maximum absolute atomic E-state index is 11.5. The van der Waals surface area contributed by atoms with Gasteiger partial charge in [-0.15, -0.1) is 0 Å². The number of hydrogen-bond acceptors (Lipinski definition) is 4. The molecule has 0 atom stereocenters. The van der Waals surface area contributed by atoms with Crippen LogP contribution in [0, 0.1) is 0 Å². The van der Waals surface area contributed by atoms with Crippen LogP contribution in [-0.2, 0) is 16.0 Å². The molecule has 2 aromatic carbocycles. The molecular formula is C17H13Cl2NO3. The van der Waals surface area contributed by atoms with E-state index in [1.165, 1.54) is 0 Å². The summed E-state index contributed by atoms with van der Waals surface area (Å²) in [5.74, 6) is 0.204. The molecule has 1 aromatic heterocycles. The van der Waals surface area contributed by atoms with Gasteiger partial charge in [-0.3, -0.25) is 4.79 Å². The minimum Gasteiger partial charge on any atom is -0.466 e. The first-order chi connectivity index (χ1) is 11.1. The summed E-state index contributed by atoms with van der Waals surface area (Å²) in [4.78, 5) is 15.9. The SMILES string of the molecule is CCOC(=O)Cc1ccc(-c2nc3cc(Cl)cc(Cl)c3o2)cc1. The molecule has 1 heterocycles. The predicted molar refractivity (Wildman–Crippen MR) is 89.8 cm³/mol. The summed E-state index contributed by atoms with van der Waals surface area (Å²) in [6.45, 7) is 2.16. The monoisotopic (exact) mass is 349 g/mol. The Morgan fingerprint density at radius 2 is 1.96 bits per heavy atom. The van der Waals surface area contributed by atoms with E-state index in [9.17, 15) is 4.79 Å². The van der Waals surface area contributed by atoms with Gasteiger partial charge < -0.3 is 9.15 Å². The highest BCUT2D eigenvalue weighted by molar-refractivity contribution is 6.38. The Hall–Kier alpha value is -2.04. The normalized spacial score (nSPS) is 10.9. The summed E-state index contributed by atoms with van der Waals surface area (Å²) in [5.41, 5.74) is 2.76. The summed E-state index contributed by atoms with van der Waals surface area (Å²) in [6.07, 6.45) is 0.239. The van der Waals surface area contributed by atoms with E-state index in [1.54, 1.807) is 19.1 Å². The number of nitrogens with zero attached hydrogens (tertiary/aromatic N) is 1. The molecule has 118 valence electrons. The fourth-order valence-electron chi connectivity index (χ4n) is 2.23. The number of halogens is 2. The number of benzene rings is 2. The molecule has 0 N–H and O–H groups in total. The lowest BCUT2D eigenvalue weighted by Crippen LogP contribution is -2.07. The van der Waals surface area contributed by atoms with Gasteiger partial charge in [0.05, 0.1) is 18.1 Å². The molecule has 0 aliphatic heterocycles. The third-order valence-corrected chi connectivity index (χ3v) is 3.76. The zero-order chi connectivity index (χ0) is 16.4. The van der Waals surface area contributed by atoms with E-state index >= 15 is 0 Å². The van der Waals surface area contributed by atoms with Crippen molar-refractivity contribution >= 4 is 40.3 Å². The Labute approximate surface area is 143 Å². The zero-order valence-electron chi connectivity index (χ0n) is 12.3. The number of carbonyl (C=O) groups excluding carboxylic acids is 1. The smallest absolute Gasteiger partial charge is 0.310 e. The molecule has 23 heavy (non-hydrogen) atoms. The highest BCUT2D eigenvalue weighted by atomic mass is 35.5. The van der Waals surface area contributed by atoms with E-state index < -0.39 is 0 Å². The van der Waals surface area contributed by atoms with Crippen molar-refractivity contribution in [1.82, 2.24) is 4.98 Å². The molecule has 4 nitrogen and oxygen atoms in total. The molecule has 0 aliphatic rings. The first-order valence-corrected chi connectivity index (χ1v) is 7.83. The van der Waals surface area contributed by atoms with Crippen molar-refractivity contribution in [2.24, 2.45) is 0 Å². The number of esters is 1. The van der Waals surface area contributed by atoms with Crippen molar-refractivity contribution in [3.8, 4) is 11.5 Å². The number of carbonyl (C=O) groups is 1. The number of hydrogen-bond donors (Lipinski definition) is 0. The molecule has 0 saturated carbocycles. The molecule has 0 bridgehead atoms. The van der Waals surface area contributed by atoms with Gasteiger partial charge in [-0.1, -0.05) is 35.3 Å². The summed E-state index contributed by atoms with van der Waals surface area (Å²) < 4.78 is 10.6. The van der Waals surface area contributed by atoms with Gasteiger partial charge in [0.1, 0.15) is 5.52 Å². The molecule has 0 amide bonds. The predicted octanol–water partition coefficient (Wildman–Crippen LogP) is 4.91. The quantitative estimate of drug-likeness (QED) is 0.628. The van der Waals surface area contributed by atoms with Gasteiger partial charge in [0, 0.05) is 10.6 Å². The fraction of sp³-hybridized carbons (Fsp3) is 0.176. The minimum atomic E-state index is -0.247. The Kier molecular flexibility index (Phi) is 4.55. The number of aromatic nitrogens is 1. The molecule has 0 unspecified atom stereocenters. The van der Waals surface area contributed by atoms with E-state index in [0.717, 1.165) is 11.1 Å². The van der Waals surface area contributed by atoms with Gasteiger partial charge in [0.25, 0.3) is 0 Å². The zero-order valence-corrected chi connectivity index (χ0v) is 13.8. The number of oxazole rings is 1. The van der Waals surface area contributed by atoms with Crippen LogP contribution in [0.4, 0.5) is 0 Å². The summed E-state index contributed by atoms with van der Waals surface area (Å²) in [6, 6.07) is 10.7. The third kappa shape index (κ3) is 3.49. The van der Waals surface area contributed by atoms with Crippen molar-refractivity contribution < 1.29 is 13.9 Å². The van der Waals surface area contributed by atoms with Crippen LogP contribution in [0.3, 0.4) is 0 Å². The standard InChI is InChI=1S/C17H13Cl2NO3/c1-2-22-15(21)7-10-3-5-11(6-4-10)17-20-14-9-12(18)8-13(19)16(14)23-17/h3-6,8-9H,2,7H2,1H3. The first kappa shape index (κ1) is 15.8. The molecule has 6 heteroatoms. The van der Waals surface area contributed by atoms with Crippen molar-refractivity contribution in [2.75, 3.05) is 6.61 Å². The van der Waals surface area contributed by atoms with Crippen molar-refractivity contribution in [3.05, 3.63) is 52.0 Å². The van der Waals surface area contributed by atoms with E-state index in [-0.39, 0.29) is 12.4 Å². The van der Waals surface area contributed by atoms with Gasteiger partial charge in [-0.25, -0.2) is 4.98 Å². The molecule has 0 fully saturated rings. The molecule has 3 rings (SSSR count). The van der Waals surface area contributed by atoms with Crippen molar-refractivity contribution in [2.45, 2.75) is 13.3 Å². The third-order valence-electron chi connectivity index (χ3n) is 3.26. The van der Waals surface area contributed by atoms with Gasteiger partial charge in [0.15, 0.2) is 5.58 Å². The number of rotatable bonds is 4. The minimum absolute atomic E-state index is 0.239. The highest BCUT2D eigenvalue weighted by Crippen LogP contribution is 2.31. The average Bonchev–Trinajstić information content (AvgIpc) is 2.92. The van der Waals surface area contributed by atoms with E-state index in [1.807, 2.05) is 24.3 Å². The lowest BCUT2D eigenvalue weighted by Gasteiger charge is -2.02. The van der Waals surface area contributed by atoms with Gasteiger partial charge in [-0.05, 0) is 36.8 Å². The Bertz CT molecular complexity index is 856. The van der Waals surface area contributed by atoms with Crippen LogP contribution in [-0.4, -0.2) is 17.6 Å². The lowest BCUT2D eigenvalue weighted by atomic mass is 10.1. The Balaban J connectivity index is 1.87.